The number of morpholine rings is 1. The molecule has 1 fully saturated rings. The van der Waals surface area contributed by atoms with Crippen LogP contribution in [0.3, 0.4) is 0 Å². The number of hydrogen-bond acceptors (Lipinski definition) is 2. The van der Waals surface area contributed by atoms with Crippen LogP contribution in [0.2, 0.25) is 0 Å². The summed E-state index contributed by atoms with van der Waals surface area (Å²) in [5.74, 6) is 0.332. The lowest BCUT2D eigenvalue weighted by Gasteiger charge is -2.32. The van der Waals surface area contributed by atoms with Crippen LogP contribution in [0.25, 0.3) is 0 Å². The highest BCUT2D eigenvalue weighted by Gasteiger charge is 2.18. The molecule has 1 aliphatic rings. The Morgan fingerprint density at radius 2 is 2.22 bits per heavy atom. The van der Waals surface area contributed by atoms with Gasteiger partial charge in [0.25, 0.3) is 0 Å². The Morgan fingerprint density at radius 1 is 1.56 bits per heavy atom. The Hall–Kier alpha value is 0.350. The van der Waals surface area contributed by atoms with Crippen LogP contribution in [0, 0.1) is 0 Å². The number of rotatable bonds is 0. The number of hydrogen-bond donors (Lipinski definition) is 0. The normalized spacial score (nSPS) is 39.0. The highest BCUT2D eigenvalue weighted by atomic mass is 31.0. The molecule has 2 nitrogen and oxygen atoms in total. The molecular formula is C6H14NOP. The molecule has 1 rings (SSSR count). The minimum Gasteiger partial charge on any atom is -0.369 e. The Labute approximate surface area is 58.8 Å². The second-order valence-corrected chi connectivity index (χ2v) is 3.45. The van der Waals surface area contributed by atoms with E-state index in [-0.39, 0.29) is 0 Å². The molecule has 0 N–H and O–H groups in total. The fourth-order valence-electron chi connectivity index (χ4n) is 1.21. The molecular weight excluding hydrogens is 133 g/mol. The van der Waals surface area contributed by atoms with Gasteiger partial charge in [0.15, 0.2) is 0 Å². The Morgan fingerprint density at radius 3 is 2.67 bits per heavy atom. The molecule has 0 aromatic rings. The van der Waals surface area contributed by atoms with Crippen LogP contribution in [0.5, 0.6) is 0 Å². The fourth-order valence-corrected chi connectivity index (χ4v) is 1.83. The highest BCUT2D eigenvalue weighted by molar-refractivity contribution is 7.17. The molecule has 0 aromatic carbocycles. The van der Waals surface area contributed by atoms with Gasteiger partial charge < -0.3 is 9.64 Å². The Kier molecular flexibility index (Phi) is 2.45. The van der Waals surface area contributed by atoms with Crippen molar-refractivity contribution in [3.05, 3.63) is 0 Å². The minimum atomic E-state index is 0.332. The maximum Gasteiger partial charge on any atom is 0.0838 e. The van der Waals surface area contributed by atoms with Gasteiger partial charge in [-0.05, 0) is 14.0 Å². The molecule has 3 atom stereocenters. The predicted octanol–water partition coefficient (Wildman–Crippen LogP) is 0.538. The van der Waals surface area contributed by atoms with E-state index in [1.807, 2.05) is 0 Å². The molecule has 54 valence electrons. The quantitative estimate of drug-likeness (QED) is 0.464. The van der Waals surface area contributed by atoms with E-state index >= 15 is 0 Å². The first-order chi connectivity index (χ1) is 4.18. The Bertz CT molecular complexity index is 74.0. The van der Waals surface area contributed by atoms with Gasteiger partial charge in [0.2, 0.25) is 0 Å². The molecule has 1 heterocycles. The molecule has 9 heavy (non-hydrogen) atoms. The van der Waals surface area contributed by atoms with Gasteiger partial charge in [-0.25, -0.2) is 0 Å². The van der Waals surface area contributed by atoms with Crippen molar-refractivity contribution in [3.8, 4) is 0 Å². The second-order valence-electron chi connectivity index (χ2n) is 2.71. The number of likely N-dealkylation sites (N-methyl/N-ethyl adjacent to an activating group) is 1. The standard InChI is InChI=1S/C6H14NOP/c1-5-3-7(2)4-6(9)8-5/h5-6H,3-4,9H2,1-2H3/t5-,6-/m1/s1. The molecule has 1 aliphatic heterocycles. The lowest BCUT2D eigenvalue weighted by atomic mass is 10.3. The molecule has 1 saturated heterocycles. The van der Waals surface area contributed by atoms with E-state index in [1.165, 1.54) is 0 Å². The average Bonchev–Trinajstić information content (AvgIpc) is 1.59. The summed E-state index contributed by atoms with van der Waals surface area (Å²) in [5, 5.41) is 0. The average molecular weight is 147 g/mol. The maximum atomic E-state index is 5.48. The van der Waals surface area contributed by atoms with Gasteiger partial charge >= 0.3 is 0 Å². The van der Waals surface area contributed by atoms with E-state index in [1.54, 1.807) is 0 Å². The summed E-state index contributed by atoms with van der Waals surface area (Å²) in [5.41, 5.74) is 0. The van der Waals surface area contributed by atoms with Crippen molar-refractivity contribution in [1.82, 2.24) is 4.90 Å². The SMILES string of the molecule is C[C@@H]1CN(C)C[C@@H](P)O1. The first-order valence-electron chi connectivity index (χ1n) is 3.28. The smallest absolute Gasteiger partial charge is 0.0838 e. The van der Waals surface area contributed by atoms with E-state index in [0.717, 1.165) is 13.1 Å². The van der Waals surface area contributed by atoms with Crippen LogP contribution >= 0.6 is 9.24 Å². The summed E-state index contributed by atoms with van der Waals surface area (Å²) >= 11 is 0. The van der Waals surface area contributed by atoms with E-state index in [0.29, 0.717) is 11.9 Å². The van der Waals surface area contributed by atoms with E-state index in [4.69, 9.17) is 4.74 Å². The van der Waals surface area contributed by atoms with Crippen molar-refractivity contribution in [2.45, 2.75) is 18.9 Å². The van der Waals surface area contributed by atoms with Gasteiger partial charge in [0.05, 0.1) is 11.9 Å². The van der Waals surface area contributed by atoms with Crippen LogP contribution in [0.4, 0.5) is 0 Å². The van der Waals surface area contributed by atoms with Crippen molar-refractivity contribution in [2.75, 3.05) is 20.1 Å². The third kappa shape index (κ3) is 2.21. The van der Waals surface area contributed by atoms with E-state index in [2.05, 4.69) is 28.1 Å². The first-order valence-corrected chi connectivity index (χ1v) is 3.94. The number of nitrogens with zero attached hydrogens (tertiary/aromatic N) is 1. The molecule has 0 amide bonds. The molecule has 0 bridgehead atoms. The first kappa shape index (κ1) is 7.46. The van der Waals surface area contributed by atoms with Gasteiger partial charge in [-0.15, -0.1) is 9.24 Å². The topological polar surface area (TPSA) is 12.5 Å². The molecule has 0 saturated carbocycles. The third-order valence-corrected chi connectivity index (χ3v) is 1.84. The maximum absolute atomic E-state index is 5.48. The number of ether oxygens (including phenoxy) is 1. The van der Waals surface area contributed by atoms with Gasteiger partial charge in [0, 0.05) is 13.1 Å². The van der Waals surface area contributed by atoms with Crippen molar-refractivity contribution >= 4 is 9.24 Å². The minimum absolute atomic E-state index is 0.332. The molecule has 0 radical (unpaired) electrons. The molecule has 1 unspecified atom stereocenters. The summed E-state index contributed by atoms with van der Waals surface area (Å²) < 4.78 is 5.48. The van der Waals surface area contributed by atoms with Crippen molar-refractivity contribution < 1.29 is 4.74 Å². The third-order valence-electron chi connectivity index (χ3n) is 1.47. The zero-order chi connectivity index (χ0) is 6.85. The lowest BCUT2D eigenvalue weighted by molar-refractivity contribution is -0.0276. The molecule has 0 aromatic heterocycles. The van der Waals surface area contributed by atoms with Gasteiger partial charge in [-0.1, -0.05) is 0 Å². The molecule has 0 aliphatic carbocycles. The highest BCUT2D eigenvalue weighted by Crippen LogP contribution is 2.13. The van der Waals surface area contributed by atoms with Crippen molar-refractivity contribution in [3.63, 3.8) is 0 Å². The summed E-state index contributed by atoms with van der Waals surface area (Å²) in [6.45, 7) is 4.20. The van der Waals surface area contributed by atoms with Gasteiger partial charge in [-0.3, -0.25) is 0 Å². The lowest BCUT2D eigenvalue weighted by Crippen LogP contribution is -2.41. The molecule has 3 heteroatoms. The van der Waals surface area contributed by atoms with Gasteiger partial charge in [0.1, 0.15) is 0 Å². The van der Waals surface area contributed by atoms with Crippen LogP contribution in [0.15, 0.2) is 0 Å². The summed E-state index contributed by atoms with van der Waals surface area (Å²) in [7, 11) is 4.81. The van der Waals surface area contributed by atoms with E-state index < -0.39 is 0 Å². The van der Waals surface area contributed by atoms with Gasteiger partial charge in [-0.2, -0.15) is 0 Å². The van der Waals surface area contributed by atoms with Crippen molar-refractivity contribution in [1.29, 1.82) is 0 Å². The largest absolute Gasteiger partial charge is 0.369 e. The molecule has 0 spiro atoms. The Balaban J connectivity index is 2.34. The van der Waals surface area contributed by atoms with Crippen molar-refractivity contribution in [2.24, 2.45) is 0 Å². The zero-order valence-electron chi connectivity index (χ0n) is 6.00. The fraction of sp³-hybridized carbons (Fsp3) is 1.00. The van der Waals surface area contributed by atoms with Crippen LogP contribution in [-0.4, -0.2) is 37.0 Å². The monoisotopic (exact) mass is 147 g/mol. The summed E-state index contributed by atoms with van der Waals surface area (Å²) in [4.78, 5) is 2.28. The summed E-state index contributed by atoms with van der Waals surface area (Å²) in [6.07, 6.45) is 0.395. The zero-order valence-corrected chi connectivity index (χ0v) is 7.16. The predicted molar refractivity (Wildman–Crippen MR) is 41.5 cm³/mol. The second kappa shape index (κ2) is 2.96. The van der Waals surface area contributed by atoms with Crippen LogP contribution in [0.1, 0.15) is 6.92 Å². The van der Waals surface area contributed by atoms with E-state index in [9.17, 15) is 0 Å². The summed E-state index contributed by atoms with van der Waals surface area (Å²) in [6, 6.07) is 0. The van der Waals surface area contributed by atoms with Crippen LogP contribution < -0.4 is 0 Å². The van der Waals surface area contributed by atoms with Crippen LogP contribution in [-0.2, 0) is 4.74 Å².